The van der Waals surface area contributed by atoms with Crippen LogP contribution in [-0.2, 0) is 14.3 Å². The van der Waals surface area contributed by atoms with E-state index in [9.17, 15) is 4.79 Å². The highest BCUT2D eigenvalue weighted by molar-refractivity contribution is 5.86. The zero-order valence-corrected chi connectivity index (χ0v) is 14.6. The molecular weight excluding hydrogens is 316 g/mol. The van der Waals surface area contributed by atoms with Crippen LogP contribution in [0.4, 0.5) is 0 Å². The molecule has 2 fully saturated rings. The van der Waals surface area contributed by atoms with Crippen molar-refractivity contribution in [3.8, 4) is 0 Å². The maximum absolute atomic E-state index is 12.9. The molecule has 3 heterocycles. The maximum Gasteiger partial charge on any atom is 0.257 e. The topological polar surface area (TPSA) is 51.7 Å². The highest BCUT2D eigenvalue weighted by atomic mass is 16.6. The number of para-hydroxylation sites is 1. The van der Waals surface area contributed by atoms with Crippen LogP contribution in [0.25, 0.3) is 10.9 Å². The molecule has 1 atom stereocenters. The van der Waals surface area contributed by atoms with Gasteiger partial charge in [0.2, 0.25) is 0 Å². The van der Waals surface area contributed by atoms with Crippen LogP contribution in [0.3, 0.4) is 0 Å². The molecule has 0 N–H and O–H groups in total. The molecule has 25 heavy (non-hydrogen) atoms. The summed E-state index contributed by atoms with van der Waals surface area (Å²) in [6.45, 7) is 2.51. The first-order chi connectivity index (χ1) is 12.2. The SMILES string of the molecule is CO[C@@]1(C(=O)N2CCC(c3ccnc4ccccc34)CC2)CCOC1. The number of carbonyl (C=O) groups is 1. The van der Waals surface area contributed by atoms with E-state index >= 15 is 0 Å². The van der Waals surface area contributed by atoms with Gasteiger partial charge in [0, 0.05) is 38.2 Å². The number of nitrogens with zero attached hydrogens (tertiary/aromatic N) is 2. The number of ether oxygens (including phenoxy) is 2. The van der Waals surface area contributed by atoms with E-state index in [4.69, 9.17) is 9.47 Å². The summed E-state index contributed by atoms with van der Waals surface area (Å²) >= 11 is 0. The molecule has 5 heteroatoms. The average molecular weight is 340 g/mol. The fourth-order valence-corrected chi connectivity index (χ4v) is 4.12. The summed E-state index contributed by atoms with van der Waals surface area (Å²) in [5, 5.41) is 1.23. The highest BCUT2D eigenvalue weighted by Gasteiger charge is 2.45. The van der Waals surface area contributed by atoms with Crippen LogP contribution >= 0.6 is 0 Å². The van der Waals surface area contributed by atoms with E-state index in [1.54, 1.807) is 7.11 Å². The fourth-order valence-electron chi connectivity index (χ4n) is 4.12. The molecular formula is C20H24N2O3. The number of hydrogen-bond donors (Lipinski definition) is 0. The minimum Gasteiger partial charge on any atom is -0.378 e. The summed E-state index contributed by atoms with van der Waals surface area (Å²) in [4.78, 5) is 19.3. The lowest BCUT2D eigenvalue weighted by molar-refractivity contribution is -0.156. The fraction of sp³-hybridized carbons (Fsp3) is 0.500. The van der Waals surface area contributed by atoms with Crippen LogP contribution < -0.4 is 0 Å². The number of carbonyl (C=O) groups excluding carboxylic acids is 1. The van der Waals surface area contributed by atoms with Crippen molar-refractivity contribution in [2.45, 2.75) is 30.8 Å². The Bertz CT molecular complexity index is 757. The number of likely N-dealkylation sites (tertiary alicyclic amines) is 1. The number of hydrogen-bond acceptors (Lipinski definition) is 4. The van der Waals surface area contributed by atoms with Crippen LogP contribution in [0.15, 0.2) is 36.5 Å². The van der Waals surface area contributed by atoms with Gasteiger partial charge in [-0.15, -0.1) is 0 Å². The predicted octanol–water partition coefficient (Wildman–Crippen LogP) is 2.75. The van der Waals surface area contributed by atoms with Crippen molar-refractivity contribution in [1.29, 1.82) is 0 Å². The van der Waals surface area contributed by atoms with E-state index in [0.29, 0.717) is 25.6 Å². The molecule has 0 unspecified atom stereocenters. The van der Waals surface area contributed by atoms with E-state index < -0.39 is 5.60 Å². The first-order valence-electron chi connectivity index (χ1n) is 8.99. The number of aromatic nitrogens is 1. The molecule has 0 aliphatic carbocycles. The van der Waals surface area contributed by atoms with Gasteiger partial charge in [-0.2, -0.15) is 0 Å². The van der Waals surface area contributed by atoms with Crippen molar-refractivity contribution < 1.29 is 14.3 Å². The Morgan fingerprint density at radius 2 is 2.08 bits per heavy atom. The van der Waals surface area contributed by atoms with E-state index in [1.807, 2.05) is 17.2 Å². The molecule has 1 amide bonds. The van der Waals surface area contributed by atoms with E-state index in [2.05, 4.69) is 29.2 Å². The number of piperidine rings is 1. The number of amides is 1. The van der Waals surface area contributed by atoms with Gasteiger partial charge in [0.15, 0.2) is 5.60 Å². The van der Waals surface area contributed by atoms with Gasteiger partial charge in [0.05, 0.1) is 18.7 Å². The Balaban J connectivity index is 1.49. The smallest absolute Gasteiger partial charge is 0.257 e. The van der Waals surface area contributed by atoms with Crippen LogP contribution in [0, 0.1) is 0 Å². The van der Waals surface area contributed by atoms with Crippen molar-refractivity contribution in [3.05, 3.63) is 42.1 Å². The molecule has 0 bridgehead atoms. The lowest BCUT2D eigenvalue weighted by atomic mass is 9.87. The van der Waals surface area contributed by atoms with Crippen LogP contribution in [0.5, 0.6) is 0 Å². The molecule has 2 aliphatic heterocycles. The van der Waals surface area contributed by atoms with E-state index in [-0.39, 0.29) is 5.91 Å². The maximum atomic E-state index is 12.9. The molecule has 2 aliphatic rings. The van der Waals surface area contributed by atoms with Gasteiger partial charge in [-0.25, -0.2) is 0 Å². The summed E-state index contributed by atoms with van der Waals surface area (Å²) in [7, 11) is 1.61. The Morgan fingerprint density at radius 1 is 1.28 bits per heavy atom. The van der Waals surface area contributed by atoms with Gasteiger partial charge in [0.1, 0.15) is 0 Å². The zero-order chi connectivity index (χ0) is 17.3. The first kappa shape index (κ1) is 16.5. The quantitative estimate of drug-likeness (QED) is 0.862. The Kier molecular flexibility index (Phi) is 4.44. The van der Waals surface area contributed by atoms with Crippen molar-refractivity contribution in [2.24, 2.45) is 0 Å². The van der Waals surface area contributed by atoms with Gasteiger partial charge < -0.3 is 14.4 Å². The van der Waals surface area contributed by atoms with Crippen molar-refractivity contribution in [2.75, 3.05) is 33.4 Å². The molecule has 4 rings (SSSR count). The molecule has 0 saturated carbocycles. The Morgan fingerprint density at radius 3 is 2.80 bits per heavy atom. The van der Waals surface area contributed by atoms with E-state index in [1.165, 1.54) is 10.9 Å². The molecule has 1 aromatic carbocycles. The zero-order valence-electron chi connectivity index (χ0n) is 14.6. The number of methoxy groups -OCH3 is 1. The minimum atomic E-state index is -0.768. The third-order valence-electron chi connectivity index (χ3n) is 5.67. The van der Waals surface area contributed by atoms with Gasteiger partial charge in [-0.3, -0.25) is 9.78 Å². The number of rotatable bonds is 3. The molecule has 1 aromatic heterocycles. The second-order valence-corrected chi connectivity index (χ2v) is 6.98. The Hall–Kier alpha value is -1.98. The van der Waals surface area contributed by atoms with Crippen LogP contribution in [-0.4, -0.2) is 54.8 Å². The van der Waals surface area contributed by atoms with Crippen molar-refractivity contribution in [1.82, 2.24) is 9.88 Å². The summed E-state index contributed by atoms with van der Waals surface area (Å²) in [6, 6.07) is 10.4. The van der Waals surface area contributed by atoms with Crippen molar-refractivity contribution >= 4 is 16.8 Å². The van der Waals surface area contributed by atoms with Gasteiger partial charge in [-0.1, -0.05) is 18.2 Å². The number of benzene rings is 1. The molecule has 132 valence electrons. The second kappa shape index (κ2) is 6.73. The molecule has 0 spiro atoms. The lowest BCUT2D eigenvalue weighted by Crippen LogP contribution is -2.52. The first-order valence-corrected chi connectivity index (χ1v) is 8.99. The third-order valence-corrected chi connectivity index (χ3v) is 5.67. The number of pyridine rings is 1. The molecule has 0 radical (unpaired) electrons. The van der Waals surface area contributed by atoms with Crippen LogP contribution in [0.2, 0.25) is 0 Å². The third kappa shape index (κ3) is 2.92. The van der Waals surface area contributed by atoms with Crippen LogP contribution in [0.1, 0.15) is 30.7 Å². The second-order valence-electron chi connectivity index (χ2n) is 6.98. The molecule has 2 saturated heterocycles. The normalized spacial score (nSPS) is 24.8. The predicted molar refractivity (Wildman–Crippen MR) is 95.5 cm³/mol. The summed E-state index contributed by atoms with van der Waals surface area (Å²) in [6.07, 6.45) is 4.49. The molecule has 2 aromatic rings. The van der Waals surface area contributed by atoms with Gasteiger partial charge in [-0.05, 0) is 36.5 Å². The summed E-state index contributed by atoms with van der Waals surface area (Å²) < 4.78 is 11.0. The lowest BCUT2D eigenvalue weighted by Gasteiger charge is -2.37. The number of fused-ring (bicyclic) bond motifs is 1. The summed E-state index contributed by atoms with van der Waals surface area (Å²) in [5.41, 5.74) is 1.62. The molecule has 5 nitrogen and oxygen atoms in total. The monoisotopic (exact) mass is 340 g/mol. The standard InChI is InChI=1S/C20H24N2O3/c1-24-20(9-13-25-14-20)19(23)22-11-7-15(8-12-22)16-6-10-21-18-5-3-2-4-17(16)18/h2-6,10,15H,7-9,11-14H2,1H3/t20-/m0/s1. The highest BCUT2D eigenvalue weighted by Crippen LogP contribution is 2.34. The van der Waals surface area contributed by atoms with E-state index in [0.717, 1.165) is 31.4 Å². The summed E-state index contributed by atoms with van der Waals surface area (Å²) in [5.74, 6) is 0.556. The van der Waals surface area contributed by atoms with Gasteiger partial charge >= 0.3 is 0 Å². The van der Waals surface area contributed by atoms with Crippen molar-refractivity contribution in [3.63, 3.8) is 0 Å². The minimum absolute atomic E-state index is 0.0885. The van der Waals surface area contributed by atoms with Gasteiger partial charge in [0.25, 0.3) is 5.91 Å². The largest absolute Gasteiger partial charge is 0.378 e. The average Bonchev–Trinajstić information content (AvgIpc) is 3.17. The Labute approximate surface area is 147 Å².